The first-order chi connectivity index (χ1) is 16.2. The Morgan fingerprint density at radius 2 is 1.59 bits per heavy atom. The van der Waals surface area contributed by atoms with Gasteiger partial charge in [0, 0.05) is 5.56 Å². The molecule has 8 heteroatoms. The van der Waals surface area contributed by atoms with Gasteiger partial charge in [-0.1, -0.05) is 54.6 Å². The summed E-state index contributed by atoms with van der Waals surface area (Å²) in [6.07, 6.45) is -3.22. The molecule has 0 fully saturated rings. The lowest BCUT2D eigenvalue weighted by atomic mass is 10.0. The number of hydrogen-bond donors (Lipinski definition) is 3. The molecule has 0 unspecified atom stereocenters. The molecule has 0 spiro atoms. The SMILES string of the molecule is C[C@@](N)(CO)c1ncc(-c2ccc(OCc3ccc(-c4ccccc4)cc3)c(C(F)(F)F)c2)[nH]1. The molecule has 1 heterocycles. The normalized spacial score (nSPS) is 13.5. The third-order valence-electron chi connectivity index (χ3n) is 5.50. The standard InChI is InChI=1S/C26H24F3N3O2/c1-25(30,16-33)24-31-14-22(32-24)20-11-12-23(21(13-20)26(27,28)29)34-15-17-7-9-19(10-8-17)18-5-3-2-4-6-18/h2-14,33H,15-16,30H2,1H3,(H,31,32)/t25-/m1/s1. The monoisotopic (exact) mass is 467 g/mol. The first-order valence-corrected chi connectivity index (χ1v) is 10.6. The molecule has 1 atom stereocenters. The average Bonchev–Trinajstić information content (AvgIpc) is 3.34. The maximum atomic E-state index is 13.8. The van der Waals surface area contributed by atoms with Crippen molar-refractivity contribution in [2.45, 2.75) is 25.2 Å². The van der Waals surface area contributed by atoms with Gasteiger partial charge < -0.3 is 20.6 Å². The molecule has 176 valence electrons. The lowest BCUT2D eigenvalue weighted by Gasteiger charge is -2.18. The smallest absolute Gasteiger partial charge is 0.419 e. The average molecular weight is 467 g/mol. The molecule has 5 nitrogen and oxygen atoms in total. The topological polar surface area (TPSA) is 84.2 Å². The number of aliphatic hydroxyl groups is 1. The Balaban J connectivity index is 1.54. The molecule has 0 radical (unpaired) electrons. The van der Waals surface area contributed by atoms with Gasteiger partial charge in [-0.2, -0.15) is 13.2 Å². The molecule has 0 bridgehead atoms. The van der Waals surface area contributed by atoms with E-state index in [2.05, 4.69) is 9.97 Å². The third kappa shape index (κ3) is 5.13. The van der Waals surface area contributed by atoms with Crippen molar-refractivity contribution in [3.8, 4) is 28.1 Å². The highest BCUT2D eigenvalue weighted by Gasteiger charge is 2.35. The number of alkyl halides is 3. The summed E-state index contributed by atoms with van der Waals surface area (Å²) < 4.78 is 47.0. The van der Waals surface area contributed by atoms with E-state index in [9.17, 15) is 18.3 Å². The number of nitrogens with two attached hydrogens (primary N) is 1. The Bertz CT molecular complexity index is 1250. The molecule has 1 aromatic heterocycles. The molecule has 3 aromatic carbocycles. The van der Waals surface area contributed by atoms with Gasteiger partial charge in [0.2, 0.25) is 0 Å². The molecule has 0 aliphatic rings. The van der Waals surface area contributed by atoms with E-state index < -0.39 is 17.3 Å². The van der Waals surface area contributed by atoms with Gasteiger partial charge in [0.15, 0.2) is 0 Å². The molecule has 34 heavy (non-hydrogen) atoms. The van der Waals surface area contributed by atoms with E-state index in [0.29, 0.717) is 5.69 Å². The third-order valence-corrected chi connectivity index (χ3v) is 5.50. The first kappa shape index (κ1) is 23.5. The van der Waals surface area contributed by atoms with Crippen LogP contribution < -0.4 is 10.5 Å². The van der Waals surface area contributed by atoms with Gasteiger partial charge in [-0.15, -0.1) is 0 Å². The minimum Gasteiger partial charge on any atom is -0.488 e. The van der Waals surface area contributed by atoms with Gasteiger partial charge in [-0.05, 0) is 41.8 Å². The van der Waals surface area contributed by atoms with Crippen LogP contribution in [0.5, 0.6) is 5.75 Å². The number of nitrogens with one attached hydrogen (secondary N) is 1. The summed E-state index contributed by atoms with van der Waals surface area (Å²) in [5, 5.41) is 9.39. The minimum absolute atomic E-state index is 0.00622. The van der Waals surface area contributed by atoms with Crippen LogP contribution in [-0.4, -0.2) is 21.7 Å². The minimum atomic E-state index is -4.61. The van der Waals surface area contributed by atoms with Gasteiger partial charge in [0.1, 0.15) is 18.2 Å². The zero-order valence-electron chi connectivity index (χ0n) is 18.4. The molecule has 0 amide bonds. The predicted octanol–water partition coefficient (Wildman–Crippen LogP) is 5.51. The van der Waals surface area contributed by atoms with Crippen molar-refractivity contribution in [3.05, 3.63) is 95.9 Å². The van der Waals surface area contributed by atoms with Crippen molar-refractivity contribution in [2.24, 2.45) is 5.73 Å². The zero-order chi connectivity index (χ0) is 24.3. The zero-order valence-corrected chi connectivity index (χ0v) is 18.4. The van der Waals surface area contributed by atoms with E-state index in [1.54, 1.807) is 6.92 Å². The van der Waals surface area contributed by atoms with Crippen molar-refractivity contribution in [1.82, 2.24) is 9.97 Å². The quantitative estimate of drug-likeness (QED) is 0.335. The van der Waals surface area contributed by atoms with E-state index in [4.69, 9.17) is 10.5 Å². The fraction of sp³-hybridized carbons (Fsp3) is 0.192. The summed E-state index contributed by atoms with van der Waals surface area (Å²) in [7, 11) is 0. The van der Waals surface area contributed by atoms with Crippen molar-refractivity contribution >= 4 is 0 Å². The first-order valence-electron chi connectivity index (χ1n) is 10.6. The number of aromatic nitrogens is 2. The van der Waals surface area contributed by atoms with Crippen LogP contribution in [-0.2, 0) is 18.3 Å². The van der Waals surface area contributed by atoms with Crippen LogP contribution in [0.3, 0.4) is 0 Å². The number of hydrogen-bond acceptors (Lipinski definition) is 4. The highest BCUT2D eigenvalue weighted by atomic mass is 19.4. The van der Waals surface area contributed by atoms with E-state index >= 15 is 0 Å². The van der Waals surface area contributed by atoms with Gasteiger partial charge in [-0.3, -0.25) is 0 Å². The Labute approximate surface area is 195 Å². The molecule has 0 aliphatic heterocycles. The van der Waals surface area contributed by atoms with Crippen molar-refractivity contribution in [2.75, 3.05) is 6.61 Å². The Morgan fingerprint density at radius 1 is 0.941 bits per heavy atom. The second-order valence-electron chi connectivity index (χ2n) is 8.28. The maximum absolute atomic E-state index is 13.8. The Kier molecular flexibility index (Phi) is 6.45. The summed E-state index contributed by atoms with van der Waals surface area (Å²) >= 11 is 0. The predicted molar refractivity (Wildman–Crippen MR) is 124 cm³/mol. The number of H-pyrrole nitrogens is 1. The number of aromatic amines is 1. The molecule has 4 N–H and O–H groups in total. The summed E-state index contributed by atoms with van der Waals surface area (Å²) in [5.74, 6) is 0.0139. The number of imidazole rings is 1. The highest BCUT2D eigenvalue weighted by molar-refractivity contribution is 5.64. The van der Waals surface area contributed by atoms with E-state index in [-0.39, 0.29) is 30.4 Å². The second-order valence-corrected chi connectivity index (χ2v) is 8.28. The van der Waals surface area contributed by atoms with Crippen molar-refractivity contribution in [1.29, 1.82) is 0 Å². The molecule has 0 saturated carbocycles. The summed E-state index contributed by atoms with van der Waals surface area (Å²) in [6.45, 7) is 1.20. The molecule has 0 aliphatic carbocycles. The highest BCUT2D eigenvalue weighted by Crippen LogP contribution is 2.39. The number of aliphatic hydroxyl groups excluding tert-OH is 1. The van der Waals surface area contributed by atoms with Crippen LogP contribution >= 0.6 is 0 Å². The number of halogens is 3. The van der Waals surface area contributed by atoms with E-state index in [1.165, 1.54) is 18.3 Å². The van der Waals surface area contributed by atoms with Crippen LogP contribution in [0.2, 0.25) is 0 Å². The number of nitrogens with zero attached hydrogens (tertiary/aromatic N) is 1. The fourth-order valence-corrected chi connectivity index (χ4v) is 3.46. The lowest BCUT2D eigenvalue weighted by molar-refractivity contribution is -0.139. The summed E-state index contributed by atoms with van der Waals surface area (Å²) in [5.41, 5.74) is 7.37. The molecular weight excluding hydrogens is 443 g/mol. The summed E-state index contributed by atoms with van der Waals surface area (Å²) in [4.78, 5) is 6.99. The molecular formula is C26H24F3N3O2. The van der Waals surface area contributed by atoms with E-state index in [0.717, 1.165) is 22.8 Å². The number of benzene rings is 3. The van der Waals surface area contributed by atoms with Crippen molar-refractivity contribution < 1.29 is 23.0 Å². The molecule has 4 rings (SSSR count). The van der Waals surface area contributed by atoms with Gasteiger partial charge >= 0.3 is 6.18 Å². The van der Waals surface area contributed by atoms with E-state index in [1.807, 2.05) is 54.6 Å². The molecule has 0 saturated heterocycles. The largest absolute Gasteiger partial charge is 0.488 e. The van der Waals surface area contributed by atoms with Crippen LogP contribution in [0.15, 0.2) is 79.0 Å². The second kappa shape index (κ2) is 9.32. The van der Waals surface area contributed by atoms with Crippen LogP contribution in [0.1, 0.15) is 23.9 Å². The van der Waals surface area contributed by atoms with Crippen LogP contribution in [0, 0.1) is 0 Å². The Morgan fingerprint density at radius 3 is 2.24 bits per heavy atom. The van der Waals surface area contributed by atoms with Crippen molar-refractivity contribution in [3.63, 3.8) is 0 Å². The van der Waals surface area contributed by atoms with Gasteiger partial charge in [-0.25, -0.2) is 4.98 Å². The Hall–Kier alpha value is -3.62. The van der Waals surface area contributed by atoms with Gasteiger partial charge in [0.25, 0.3) is 0 Å². The number of rotatable bonds is 7. The molecule has 4 aromatic rings. The van der Waals surface area contributed by atoms with Gasteiger partial charge in [0.05, 0.1) is 29.6 Å². The summed E-state index contributed by atoms with van der Waals surface area (Å²) in [6, 6.07) is 21.1. The fourth-order valence-electron chi connectivity index (χ4n) is 3.46. The van der Waals surface area contributed by atoms with Crippen LogP contribution in [0.4, 0.5) is 13.2 Å². The lowest BCUT2D eigenvalue weighted by Crippen LogP contribution is -2.38. The maximum Gasteiger partial charge on any atom is 0.419 e. The van der Waals surface area contributed by atoms with Crippen LogP contribution in [0.25, 0.3) is 22.4 Å². The number of ether oxygens (including phenoxy) is 1.